The Labute approximate surface area is 436 Å². The predicted octanol–water partition coefficient (Wildman–Crippen LogP) is -0.676. The molecule has 0 fully saturated rings. The number of hydrogen-bond donors (Lipinski definition) is 6. The third-order valence-corrected chi connectivity index (χ3v) is 8.27. The van der Waals surface area contributed by atoms with Crippen LogP contribution in [0.4, 0.5) is 0 Å². The van der Waals surface area contributed by atoms with Crippen LogP contribution in [0.1, 0.15) is 20.7 Å². The standard InChI is InChI=1S/2C20H42O11.C8H6O4/c2*21-1-3-23-5-7-25-9-11-27-13-15-29-17-19-31-20-18-30-16-14-28-12-10-26-8-6-24-4-2-22;9-7(10)5-1-2-6(4-3-5)8(11)12/h2*21-22H,1-20H2;1-4H,(H,9,10)(H,11,12). The van der Waals surface area contributed by atoms with Crippen LogP contribution in [0.3, 0.4) is 0 Å². The van der Waals surface area contributed by atoms with Crippen molar-refractivity contribution >= 4 is 11.9 Å². The molecule has 0 aromatic heterocycles. The number of aliphatic hydroxyl groups is 4. The van der Waals surface area contributed by atoms with E-state index in [1.165, 1.54) is 24.3 Å². The van der Waals surface area contributed by atoms with E-state index in [0.29, 0.717) is 238 Å². The van der Waals surface area contributed by atoms with E-state index in [2.05, 4.69) is 0 Å². The first-order valence-corrected chi connectivity index (χ1v) is 24.8. The normalized spacial score (nSPS) is 11.1. The summed E-state index contributed by atoms with van der Waals surface area (Å²) < 4.78 is 95.3. The first kappa shape index (κ1) is 73.4. The molecule has 0 radical (unpaired) electrons. The minimum Gasteiger partial charge on any atom is -0.478 e. The van der Waals surface area contributed by atoms with E-state index in [0.717, 1.165) is 0 Å². The maximum atomic E-state index is 10.3. The Bertz CT molecular complexity index is 1080. The van der Waals surface area contributed by atoms with E-state index < -0.39 is 11.9 Å². The molecular formula is C48H90O26. The van der Waals surface area contributed by atoms with Gasteiger partial charge in [-0.1, -0.05) is 0 Å². The van der Waals surface area contributed by atoms with Crippen LogP contribution in [0.25, 0.3) is 0 Å². The summed E-state index contributed by atoms with van der Waals surface area (Å²) in [6.45, 7) is 17.5. The second kappa shape index (κ2) is 66.4. The molecule has 1 rings (SSSR count). The van der Waals surface area contributed by atoms with E-state index in [9.17, 15) is 9.59 Å². The summed E-state index contributed by atoms with van der Waals surface area (Å²) in [5.74, 6) is -2.13. The number of ether oxygens (including phenoxy) is 18. The van der Waals surface area contributed by atoms with Crippen LogP contribution in [0.5, 0.6) is 0 Å². The van der Waals surface area contributed by atoms with Crippen molar-refractivity contribution in [2.75, 3.05) is 264 Å². The van der Waals surface area contributed by atoms with Crippen molar-refractivity contribution in [3.63, 3.8) is 0 Å². The Balaban J connectivity index is 0. The maximum absolute atomic E-state index is 10.3. The van der Waals surface area contributed by atoms with Crippen molar-refractivity contribution in [3.8, 4) is 0 Å². The Morgan fingerprint density at radius 3 is 0.392 bits per heavy atom. The summed E-state index contributed by atoms with van der Waals surface area (Å²) >= 11 is 0. The Hall–Kier alpha value is -2.72. The number of aliphatic hydroxyl groups excluding tert-OH is 4. The zero-order chi connectivity index (χ0) is 54.2. The van der Waals surface area contributed by atoms with Crippen molar-refractivity contribution in [1.82, 2.24) is 0 Å². The Morgan fingerprint density at radius 2 is 0.311 bits per heavy atom. The van der Waals surface area contributed by atoms with Gasteiger partial charge in [-0.15, -0.1) is 0 Å². The van der Waals surface area contributed by atoms with Gasteiger partial charge in [0.15, 0.2) is 0 Å². The van der Waals surface area contributed by atoms with Crippen LogP contribution in [0, 0.1) is 0 Å². The number of hydrogen-bond acceptors (Lipinski definition) is 24. The van der Waals surface area contributed by atoms with E-state index in [1.54, 1.807) is 0 Å². The second-order valence-electron chi connectivity index (χ2n) is 14.1. The number of benzene rings is 1. The van der Waals surface area contributed by atoms with Crippen molar-refractivity contribution in [2.24, 2.45) is 0 Å². The van der Waals surface area contributed by atoms with Crippen LogP contribution in [0.15, 0.2) is 24.3 Å². The van der Waals surface area contributed by atoms with Crippen molar-refractivity contribution in [3.05, 3.63) is 35.4 Å². The summed E-state index contributed by atoms with van der Waals surface area (Å²) in [4.78, 5) is 20.7. The van der Waals surface area contributed by atoms with Crippen LogP contribution in [-0.2, 0) is 85.3 Å². The Morgan fingerprint density at radius 1 is 0.216 bits per heavy atom. The highest BCUT2D eigenvalue weighted by atomic mass is 16.6. The zero-order valence-corrected chi connectivity index (χ0v) is 43.4. The molecule has 6 N–H and O–H groups in total. The number of rotatable bonds is 58. The van der Waals surface area contributed by atoms with Gasteiger partial charge in [0.1, 0.15) is 0 Å². The molecule has 0 unspecified atom stereocenters. The summed E-state index contributed by atoms with van der Waals surface area (Å²) in [5, 5.41) is 51.1. The van der Waals surface area contributed by atoms with E-state index >= 15 is 0 Å². The molecule has 1 aromatic carbocycles. The lowest BCUT2D eigenvalue weighted by Crippen LogP contribution is -2.15. The van der Waals surface area contributed by atoms with Crippen molar-refractivity contribution in [1.29, 1.82) is 0 Å². The topological polar surface area (TPSA) is 322 Å². The first-order chi connectivity index (χ1) is 36.4. The van der Waals surface area contributed by atoms with Crippen LogP contribution >= 0.6 is 0 Å². The fourth-order valence-corrected chi connectivity index (χ4v) is 4.74. The molecule has 0 bridgehead atoms. The lowest BCUT2D eigenvalue weighted by Gasteiger charge is -2.08. The molecule has 0 atom stereocenters. The third-order valence-electron chi connectivity index (χ3n) is 8.27. The second-order valence-corrected chi connectivity index (χ2v) is 14.1. The predicted molar refractivity (Wildman–Crippen MR) is 263 cm³/mol. The maximum Gasteiger partial charge on any atom is 0.335 e. The summed E-state index contributed by atoms with van der Waals surface area (Å²) in [5.41, 5.74) is 0.167. The lowest BCUT2D eigenvalue weighted by molar-refractivity contribution is -0.0260. The van der Waals surface area contributed by atoms with E-state index in [4.69, 9.17) is 116 Å². The molecule has 1 aromatic rings. The molecule has 0 aliphatic carbocycles. The molecule has 0 amide bonds. The molecule has 74 heavy (non-hydrogen) atoms. The largest absolute Gasteiger partial charge is 0.478 e. The van der Waals surface area contributed by atoms with Crippen molar-refractivity contribution in [2.45, 2.75) is 0 Å². The van der Waals surface area contributed by atoms with Gasteiger partial charge in [0.25, 0.3) is 0 Å². The fraction of sp³-hybridized carbons (Fsp3) is 0.833. The first-order valence-electron chi connectivity index (χ1n) is 24.8. The molecule has 26 nitrogen and oxygen atoms in total. The highest BCUT2D eigenvalue weighted by Gasteiger charge is 2.05. The summed E-state index contributed by atoms with van der Waals surface area (Å²) in [6.07, 6.45) is 0. The monoisotopic (exact) mass is 1080 g/mol. The highest BCUT2D eigenvalue weighted by Crippen LogP contribution is 2.04. The molecular weight excluding hydrogens is 993 g/mol. The number of carbonyl (C=O) groups is 2. The molecule has 0 heterocycles. The molecule has 0 aliphatic heterocycles. The molecule has 0 spiro atoms. The highest BCUT2D eigenvalue weighted by molar-refractivity contribution is 5.91. The molecule has 0 saturated carbocycles. The van der Waals surface area contributed by atoms with E-state index in [-0.39, 0.29) is 37.6 Å². The molecule has 26 heteroatoms. The van der Waals surface area contributed by atoms with Crippen LogP contribution in [-0.4, -0.2) is 307 Å². The average Bonchev–Trinajstić information content (AvgIpc) is 3.40. The van der Waals surface area contributed by atoms with Gasteiger partial charge in [0.05, 0.1) is 275 Å². The van der Waals surface area contributed by atoms with Gasteiger partial charge in [0, 0.05) is 0 Å². The zero-order valence-electron chi connectivity index (χ0n) is 43.4. The van der Waals surface area contributed by atoms with Crippen LogP contribution in [0.2, 0.25) is 0 Å². The third kappa shape index (κ3) is 63.6. The fourth-order valence-electron chi connectivity index (χ4n) is 4.74. The van der Waals surface area contributed by atoms with Gasteiger partial charge in [-0.25, -0.2) is 9.59 Å². The lowest BCUT2D eigenvalue weighted by atomic mass is 10.1. The molecule has 0 saturated heterocycles. The van der Waals surface area contributed by atoms with Gasteiger partial charge < -0.3 is 116 Å². The van der Waals surface area contributed by atoms with Gasteiger partial charge in [-0.3, -0.25) is 0 Å². The van der Waals surface area contributed by atoms with E-state index in [1.807, 2.05) is 0 Å². The number of carboxylic acids is 2. The number of aromatic carboxylic acids is 2. The SMILES string of the molecule is O=C(O)c1ccc(C(=O)O)cc1.OCCOCCOCCOCCOCCOCCOCCOCCOCCOCCO.OCCOCCOCCOCCOCCOCCOCCOCCOCCOCCO. The summed E-state index contributed by atoms with van der Waals surface area (Å²) in [6, 6.07) is 5.02. The summed E-state index contributed by atoms with van der Waals surface area (Å²) in [7, 11) is 0. The molecule has 0 aliphatic rings. The smallest absolute Gasteiger partial charge is 0.335 e. The minimum absolute atomic E-state index is 0.0278. The Kier molecular flexibility index (Phi) is 65.8. The van der Waals surface area contributed by atoms with Crippen molar-refractivity contribution < 1.29 is 125 Å². The quantitative estimate of drug-likeness (QED) is 0.0441. The van der Waals surface area contributed by atoms with Gasteiger partial charge >= 0.3 is 11.9 Å². The van der Waals surface area contributed by atoms with Gasteiger partial charge in [-0.2, -0.15) is 0 Å². The number of carboxylic acid groups (broad SMARTS) is 2. The average molecular weight is 1080 g/mol. The van der Waals surface area contributed by atoms with Crippen LogP contribution < -0.4 is 0 Å². The van der Waals surface area contributed by atoms with Gasteiger partial charge in [-0.05, 0) is 24.3 Å². The minimum atomic E-state index is -1.06. The molecule has 438 valence electrons. The van der Waals surface area contributed by atoms with Gasteiger partial charge in [0.2, 0.25) is 0 Å².